The van der Waals surface area contributed by atoms with Crippen LogP contribution in [0.3, 0.4) is 0 Å². The number of aliphatic imine (C=N–C) groups is 1. The number of methoxy groups -OCH3 is 1. The SMILES string of the molecule is CCCCOc1ccc(/C=C2\SC(=Nc3cc(C)ccc3O)NC2=O)cc1OC. The molecule has 7 heteroatoms. The lowest BCUT2D eigenvalue weighted by molar-refractivity contribution is -0.115. The standard InChI is InChI=1S/C22H24N2O4S/c1-4-5-10-28-18-9-7-15(12-19(18)27-3)13-20-21(26)24-22(29-20)23-16-11-14(2)6-8-17(16)25/h6-9,11-13,25H,4-5,10H2,1-3H3,(H,23,24,26)/b20-13-. The van der Waals surface area contributed by atoms with Gasteiger partial charge in [0.2, 0.25) is 0 Å². The molecule has 0 spiro atoms. The first-order valence-electron chi connectivity index (χ1n) is 9.40. The Balaban J connectivity index is 1.79. The van der Waals surface area contributed by atoms with E-state index in [1.54, 1.807) is 31.4 Å². The summed E-state index contributed by atoms with van der Waals surface area (Å²) in [6.07, 6.45) is 3.81. The number of aryl methyl sites for hydroxylation is 1. The zero-order valence-electron chi connectivity index (χ0n) is 16.7. The van der Waals surface area contributed by atoms with Crippen molar-refractivity contribution in [2.75, 3.05) is 13.7 Å². The number of rotatable bonds is 7. The van der Waals surface area contributed by atoms with Crippen LogP contribution in [0, 0.1) is 6.92 Å². The fraction of sp³-hybridized carbons (Fsp3) is 0.273. The maximum absolute atomic E-state index is 12.3. The van der Waals surface area contributed by atoms with Crippen LogP contribution in [0.5, 0.6) is 17.2 Å². The number of phenols is 1. The molecule has 29 heavy (non-hydrogen) atoms. The number of unbranched alkanes of at least 4 members (excludes halogenated alkanes) is 1. The normalized spacial score (nSPS) is 16.3. The highest BCUT2D eigenvalue weighted by atomic mass is 32.2. The number of amidine groups is 1. The molecule has 0 radical (unpaired) electrons. The number of carbonyl (C=O) groups excluding carboxylic acids is 1. The zero-order valence-corrected chi connectivity index (χ0v) is 17.5. The van der Waals surface area contributed by atoms with Gasteiger partial charge in [0.15, 0.2) is 16.7 Å². The monoisotopic (exact) mass is 412 g/mol. The molecule has 1 amide bonds. The molecule has 3 rings (SSSR count). The number of carbonyl (C=O) groups is 1. The van der Waals surface area contributed by atoms with Gasteiger partial charge < -0.3 is 19.9 Å². The Hall–Kier alpha value is -2.93. The van der Waals surface area contributed by atoms with Crippen molar-refractivity contribution in [2.24, 2.45) is 4.99 Å². The average molecular weight is 413 g/mol. The number of benzene rings is 2. The molecular weight excluding hydrogens is 388 g/mol. The Kier molecular flexibility index (Phi) is 6.82. The molecule has 0 saturated carbocycles. The molecule has 0 unspecified atom stereocenters. The third kappa shape index (κ3) is 5.32. The van der Waals surface area contributed by atoms with Gasteiger partial charge in [-0.2, -0.15) is 0 Å². The number of thioether (sulfide) groups is 1. The van der Waals surface area contributed by atoms with Crippen LogP contribution >= 0.6 is 11.8 Å². The minimum Gasteiger partial charge on any atom is -0.506 e. The first-order chi connectivity index (χ1) is 14.0. The third-order valence-corrected chi connectivity index (χ3v) is 5.15. The van der Waals surface area contributed by atoms with Crippen LogP contribution in [-0.2, 0) is 4.79 Å². The Labute approximate surface area is 174 Å². The van der Waals surface area contributed by atoms with Crippen molar-refractivity contribution in [3.63, 3.8) is 0 Å². The van der Waals surface area contributed by atoms with Crippen LogP contribution in [0.25, 0.3) is 6.08 Å². The number of nitrogens with zero attached hydrogens (tertiary/aromatic N) is 1. The predicted molar refractivity (Wildman–Crippen MR) is 117 cm³/mol. The van der Waals surface area contributed by atoms with E-state index in [0.717, 1.165) is 24.0 Å². The number of nitrogens with one attached hydrogen (secondary N) is 1. The molecule has 1 saturated heterocycles. The molecule has 6 nitrogen and oxygen atoms in total. The van der Waals surface area contributed by atoms with Crippen molar-refractivity contribution in [3.8, 4) is 17.2 Å². The van der Waals surface area contributed by atoms with Crippen molar-refractivity contribution in [2.45, 2.75) is 26.7 Å². The number of phenolic OH excluding ortho intramolecular Hbond substituents is 1. The van der Waals surface area contributed by atoms with E-state index in [9.17, 15) is 9.90 Å². The second-order valence-corrected chi connectivity index (χ2v) is 7.62. The van der Waals surface area contributed by atoms with Crippen molar-refractivity contribution in [3.05, 3.63) is 52.4 Å². The molecule has 1 aliphatic heterocycles. The van der Waals surface area contributed by atoms with Crippen LogP contribution in [-0.4, -0.2) is 29.9 Å². The summed E-state index contributed by atoms with van der Waals surface area (Å²) in [5.74, 6) is 1.14. The zero-order chi connectivity index (χ0) is 20.8. The molecule has 0 atom stereocenters. The van der Waals surface area contributed by atoms with Crippen molar-refractivity contribution >= 4 is 34.6 Å². The van der Waals surface area contributed by atoms with Crippen molar-refractivity contribution < 1.29 is 19.4 Å². The van der Waals surface area contributed by atoms with Crippen LogP contribution in [0.1, 0.15) is 30.9 Å². The summed E-state index contributed by atoms with van der Waals surface area (Å²) in [4.78, 5) is 17.2. The van der Waals surface area contributed by atoms with E-state index in [4.69, 9.17) is 9.47 Å². The van der Waals surface area contributed by atoms with Gasteiger partial charge in [-0.1, -0.05) is 25.5 Å². The van der Waals surface area contributed by atoms with E-state index in [-0.39, 0.29) is 11.7 Å². The first-order valence-corrected chi connectivity index (χ1v) is 10.2. The van der Waals surface area contributed by atoms with E-state index in [0.29, 0.717) is 33.9 Å². The van der Waals surface area contributed by atoms with Crippen molar-refractivity contribution in [1.29, 1.82) is 0 Å². The van der Waals surface area contributed by atoms with Gasteiger partial charge in [-0.05, 0) is 66.6 Å². The van der Waals surface area contributed by atoms with Gasteiger partial charge in [-0.3, -0.25) is 4.79 Å². The third-order valence-electron chi connectivity index (χ3n) is 4.24. The van der Waals surface area contributed by atoms with Crippen LogP contribution in [0.15, 0.2) is 46.3 Å². The Morgan fingerprint density at radius 1 is 1.21 bits per heavy atom. The lowest BCUT2D eigenvalue weighted by Crippen LogP contribution is -2.19. The number of hydrogen-bond donors (Lipinski definition) is 2. The fourth-order valence-corrected chi connectivity index (χ4v) is 3.52. The number of ether oxygens (including phenoxy) is 2. The smallest absolute Gasteiger partial charge is 0.264 e. The lowest BCUT2D eigenvalue weighted by Gasteiger charge is -2.11. The fourth-order valence-electron chi connectivity index (χ4n) is 2.68. The molecule has 0 bridgehead atoms. The molecule has 2 aromatic rings. The van der Waals surface area contributed by atoms with Gasteiger partial charge in [-0.25, -0.2) is 4.99 Å². The van der Waals surface area contributed by atoms with Gasteiger partial charge in [0.25, 0.3) is 5.91 Å². The van der Waals surface area contributed by atoms with Gasteiger partial charge in [0.05, 0.1) is 18.6 Å². The quantitative estimate of drug-likeness (QED) is 0.505. The van der Waals surface area contributed by atoms with Crippen LogP contribution in [0.4, 0.5) is 5.69 Å². The minimum atomic E-state index is -0.233. The van der Waals surface area contributed by atoms with Crippen LogP contribution in [0.2, 0.25) is 0 Å². The number of aromatic hydroxyl groups is 1. The largest absolute Gasteiger partial charge is 0.506 e. The topological polar surface area (TPSA) is 80.2 Å². The summed E-state index contributed by atoms with van der Waals surface area (Å²) in [6.45, 7) is 4.66. The van der Waals surface area contributed by atoms with Gasteiger partial charge in [-0.15, -0.1) is 0 Å². The average Bonchev–Trinajstić information content (AvgIpc) is 3.04. The summed E-state index contributed by atoms with van der Waals surface area (Å²) >= 11 is 1.22. The van der Waals surface area contributed by atoms with Gasteiger partial charge >= 0.3 is 0 Å². The second-order valence-electron chi connectivity index (χ2n) is 6.59. The Morgan fingerprint density at radius 3 is 2.79 bits per heavy atom. The highest BCUT2D eigenvalue weighted by molar-refractivity contribution is 8.18. The van der Waals surface area contributed by atoms with E-state index >= 15 is 0 Å². The number of amides is 1. The molecular formula is C22H24N2O4S. The minimum absolute atomic E-state index is 0.0683. The predicted octanol–water partition coefficient (Wildman–Crippen LogP) is 4.78. The summed E-state index contributed by atoms with van der Waals surface area (Å²) in [6, 6.07) is 10.7. The molecule has 0 aliphatic carbocycles. The molecule has 1 aliphatic rings. The second kappa shape index (κ2) is 9.52. The highest BCUT2D eigenvalue weighted by Crippen LogP contribution is 2.34. The molecule has 152 valence electrons. The molecule has 1 fully saturated rings. The first kappa shape index (κ1) is 20.8. The summed E-state index contributed by atoms with van der Waals surface area (Å²) < 4.78 is 11.2. The molecule has 0 aromatic heterocycles. The van der Waals surface area contributed by atoms with E-state index in [2.05, 4.69) is 17.2 Å². The Morgan fingerprint density at radius 2 is 2.03 bits per heavy atom. The highest BCUT2D eigenvalue weighted by Gasteiger charge is 2.24. The molecule has 2 aromatic carbocycles. The van der Waals surface area contributed by atoms with Crippen molar-refractivity contribution in [1.82, 2.24) is 5.32 Å². The van der Waals surface area contributed by atoms with E-state index in [1.807, 2.05) is 25.1 Å². The van der Waals surface area contributed by atoms with Crippen LogP contribution < -0.4 is 14.8 Å². The summed E-state index contributed by atoms with van der Waals surface area (Å²) in [7, 11) is 1.59. The lowest BCUT2D eigenvalue weighted by atomic mass is 10.2. The summed E-state index contributed by atoms with van der Waals surface area (Å²) in [5, 5.41) is 13.1. The molecule has 1 heterocycles. The maximum atomic E-state index is 12.3. The van der Waals surface area contributed by atoms with E-state index < -0.39 is 0 Å². The maximum Gasteiger partial charge on any atom is 0.264 e. The number of hydrogen-bond acceptors (Lipinski definition) is 6. The van der Waals surface area contributed by atoms with Gasteiger partial charge in [0, 0.05) is 0 Å². The summed E-state index contributed by atoms with van der Waals surface area (Å²) in [5.41, 5.74) is 2.21. The Bertz CT molecular complexity index is 969. The van der Waals surface area contributed by atoms with E-state index in [1.165, 1.54) is 11.8 Å². The van der Waals surface area contributed by atoms with Gasteiger partial charge in [0.1, 0.15) is 11.4 Å². The molecule has 2 N–H and O–H groups in total.